The molecule has 1 aliphatic heterocycles. The van der Waals surface area contributed by atoms with Crippen molar-refractivity contribution in [1.29, 1.82) is 0 Å². The van der Waals surface area contributed by atoms with Crippen molar-refractivity contribution in [3.05, 3.63) is 65.0 Å². The number of aryl methyl sites for hydroxylation is 1. The first-order chi connectivity index (χ1) is 14.5. The smallest absolute Gasteiger partial charge is 0.260 e. The lowest BCUT2D eigenvalue weighted by atomic mass is 9.91. The summed E-state index contributed by atoms with van der Waals surface area (Å²) in [6.07, 6.45) is 4.55. The van der Waals surface area contributed by atoms with E-state index in [1.54, 1.807) is 0 Å². The largest absolute Gasteiger partial charge is 0.483 e. The highest BCUT2D eigenvalue weighted by Crippen LogP contribution is 2.29. The first-order valence-electron chi connectivity index (χ1n) is 11.0. The van der Waals surface area contributed by atoms with Gasteiger partial charge in [0.15, 0.2) is 6.61 Å². The molecule has 2 atom stereocenters. The van der Waals surface area contributed by atoms with E-state index in [1.165, 1.54) is 36.1 Å². The predicted octanol–water partition coefficient (Wildman–Crippen LogP) is 4.20. The maximum atomic E-state index is 13.2. The van der Waals surface area contributed by atoms with Gasteiger partial charge >= 0.3 is 0 Å². The van der Waals surface area contributed by atoms with Crippen LogP contribution in [0.25, 0.3) is 0 Å². The SMILES string of the molecule is C[C@@H]1CN(Cc2ccc(F)cc2)[C@@H](C)CN1C(=O)COc1cccc2c1CCCC2. The van der Waals surface area contributed by atoms with Gasteiger partial charge in [0.05, 0.1) is 0 Å². The molecule has 0 unspecified atom stereocenters. The zero-order valence-corrected chi connectivity index (χ0v) is 17.9. The van der Waals surface area contributed by atoms with Gasteiger partial charge in [-0.1, -0.05) is 24.3 Å². The third kappa shape index (κ3) is 4.67. The maximum Gasteiger partial charge on any atom is 0.260 e. The summed E-state index contributed by atoms with van der Waals surface area (Å²) in [6.45, 7) is 6.56. The Balaban J connectivity index is 1.35. The van der Waals surface area contributed by atoms with E-state index in [0.29, 0.717) is 6.54 Å². The lowest BCUT2D eigenvalue weighted by Crippen LogP contribution is -2.58. The minimum absolute atomic E-state index is 0.0456. The van der Waals surface area contributed by atoms with Crippen LogP contribution in [0.3, 0.4) is 0 Å². The quantitative estimate of drug-likeness (QED) is 0.741. The van der Waals surface area contributed by atoms with Crippen LogP contribution in [-0.2, 0) is 24.2 Å². The summed E-state index contributed by atoms with van der Waals surface area (Å²) in [6, 6.07) is 13.2. The Morgan fingerprint density at radius 3 is 2.60 bits per heavy atom. The van der Waals surface area contributed by atoms with Gasteiger partial charge in [0.1, 0.15) is 11.6 Å². The minimum Gasteiger partial charge on any atom is -0.483 e. The topological polar surface area (TPSA) is 32.8 Å². The molecule has 0 spiro atoms. The summed E-state index contributed by atoms with van der Waals surface area (Å²) < 4.78 is 19.2. The number of piperazine rings is 1. The molecule has 1 fully saturated rings. The predicted molar refractivity (Wildman–Crippen MR) is 116 cm³/mol. The molecule has 160 valence electrons. The van der Waals surface area contributed by atoms with Crippen molar-refractivity contribution in [2.75, 3.05) is 19.7 Å². The molecule has 1 heterocycles. The van der Waals surface area contributed by atoms with Crippen molar-refractivity contribution in [2.24, 2.45) is 0 Å². The molecule has 4 rings (SSSR count). The molecule has 4 nitrogen and oxygen atoms in total. The van der Waals surface area contributed by atoms with Crippen molar-refractivity contribution in [3.8, 4) is 5.75 Å². The molecule has 0 N–H and O–H groups in total. The number of benzene rings is 2. The van der Waals surface area contributed by atoms with Crippen molar-refractivity contribution >= 4 is 5.91 Å². The van der Waals surface area contributed by atoms with Gasteiger partial charge in [-0.15, -0.1) is 0 Å². The number of nitrogens with zero attached hydrogens (tertiary/aromatic N) is 2. The summed E-state index contributed by atoms with van der Waals surface area (Å²) >= 11 is 0. The van der Waals surface area contributed by atoms with E-state index in [4.69, 9.17) is 4.74 Å². The first kappa shape index (κ1) is 20.9. The number of hydrogen-bond acceptors (Lipinski definition) is 3. The van der Waals surface area contributed by atoms with Gasteiger partial charge in [-0.2, -0.15) is 0 Å². The molecule has 1 saturated heterocycles. The van der Waals surface area contributed by atoms with Gasteiger partial charge in [-0.05, 0) is 74.4 Å². The van der Waals surface area contributed by atoms with Crippen LogP contribution in [0.1, 0.15) is 43.4 Å². The Labute approximate surface area is 178 Å². The summed E-state index contributed by atoms with van der Waals surface area (Å²) in [4.78, 5) is 17.2. The molecule has 0 saturated carbocycles. The van der Waals surface area contributed by atoms with E-state index >= 15 is 0 Å². The van der Waals surface area contributed by atoms with Crippen molar-refractivity contribution < 1.29 is 13.9 Å². The fourth-order valence-corrected chi connectivity index (χ4v) is 4.69. The third-order valence-electron chi connectivity index (χ3n) is 6.44. The Morgan fingerprint density at radius 2 is 1.80 bits per heavy atom. The number of rotatable bonds is 5. The number of halogens is 1. The molecule has 1 amide bonds. The second-order valence-electron chi connectivity index (χ2n) is 8.69. The number of hydrogen-bond donors (Lipinski definition) is 0. The molecule has 5 heteroatoms. The highest BCUT2D eigenvalue weighted by molar-refractivity contribution is 5.78. The number of carbonyl (C=O) groups excluding carboxylic acids is 1. The van der Waals surface area contributed by atoms with Crippen LogP contribution in [0.2, 0.25) is 0 Å². The van der Waals surface area contributed by atoms with Gasteiger partial charge in [0, 0.05) is 31.7 Å². The van der Waals surface area contributed by atoms with Crippen molar-refractivity contribution in [3.63, 3.8) is 0 Å². The van der Waals surface area contributed by atoms with Crippen LogP contribution in [0.5, 0.6) is 5.75 Å². The van der Waals surface area contributed by atoms with Crippen LogP contribution < -0.4 is 4.74 Å². The van der Waals surface area contributed by atoms with Crippen LogP contribution >= 0.6 is 0 Å². The molecule has 2 aliphatic rings. The molecule has 1 aliphatic carbocycles. The van der Waals surface area contributed by atoms with E-state index < -0.39 is 0 Å². The van der Waals surface area contributed by atoms with Crippen LogP contribution in [0, 0.1) is 5.82 Å². The summed E-state index contributed by atoms with van der Waals surface area (Å²) in [5.41, 5.74) is 3.73. The number of fused-ring (bicyclic) bond motifs is 1. The standard InChI is InChI=1S/C25H31FN2O2/c1-18-15-28(19(2)14-27(18)16-20-10-12-22(26)13-11-20)25(29)17-30-24-9-5-7-21-6-3-4-8-23(21)24/h5,7,9-13,18-19H,3-4,6,8,14-17H2,1-2H3/t18-,19+/m0/s1. The number of ether oxygens (including phenoxy) is 1. The van der Waals surface area contributed by atoms with E-state index in [1.807, 2.05) is 29.2 Å². The fraction of sp³-hybridized carbons (Fsp3) is 0.480. The molecule has 0 bridgehead atoms. The molecule has 2 aromatic carbocycles. The highest BCUT2D eigenvalue weighted by Gasteiger charge is 2.32. The summed E-state index contributed by atoms with van der Waals surface area (Å²) in [5, 5.41) is 0. The lowest BCUT2D eigenvalue weighted by Gasteiger charge is -2.44. The lowest BCUT2D eigenvalue weighted by molar-refractivity contribution is -0.139. The Bertz CT molecular complexity index is 883. The van der Waals surface area contributed by atoms with E-state index in [9.17, 15) is 9.18 Å². The van der Waals surface area contributed by atoms with Crippen molar-refractivity contribution in [1.82, 2.24) is 9.80 Å². The van der Waals surface area contributed by atoms with Gasteiger partial charge in [0.25, 0.3) is 5.91 Å². The fourth-order valence-electron chi connectivity index (χ4n) is 4.69. The molecule has 0 radical (unpaired) electrons. The minimum atomic E-state index is -0.213. The first-order valence-corrected chi connectivity index (χ1v) is 11.0. The second kappa shape index (κ2) is 9.17. The van der Waals surface area contributed by atoms with Gasteiger partial charge in [-0.25, -0.2) is 4.39 Å². The number of amides is 1. The molecular formula is C25H31FN2O2. The molecule has 30 heavy (non-hydrogen) atoms. The summed E-state index contributed by atoms with van der Waals surface area (Å²) in [7, 11) is 0. The van der Waals surface area contributed by atoms with Crippen LogP contribution in [0.4, 0.5) is 4.39 Å². The van der Waals surface area contributed by atoms with Gasteiger partial charge < -0.3 is 9.64 Å². The zero-order chi connectivity index (χ0) is 21.1. The van der Waals surface area contributed by atoms with E-state index in [2.05, 4.69) is 24.8 Å². The van der Waals surface area contributed by atoms with Crippen LogP contribution in [0.15, 0.2) is 42.5 Å². The average Bonchev–Trinajstić information content (AvgIpc) is 2.76. The molecule has 0 aromatic heterocycles. The second-order valence-corrected chi connectivity index (χ2v) is 8.69. The Kier molecular flexibility index (Phi) is 6.38. The maximum absolute atomic E-state index is 13.2. The third-order valence-corrected chi connectivity index (χ3v) is 6.44. The Morgan fingerprint density at radius 1 is 1.03 bits per heavy atom. The van der Waals surface area contributed by atoms with Crippen LogP contribution in [-0.4, -0.2) is 47.5 Å². The van der Waals surface area contributed by atoms with E-state index in [0.717, 1.165) is 37.2 Å². The van der Waals surface area contributed by atoms with E-state index in [-0.39, 0.29) is 30.4 Å². The number of carbonyl (C=O) groups is 1. The molecular weight excluding hydrogens is 379 g/mol. The van der Waals surface area contributed by atoms with Gasteiger partial charge in [0.2, 0.25) is 0 Å². The van der Waals surface area contributed by atoms with Crippen molar-refractivity contribution in [2.45, 2.75) is 58.2 Å². The molecule has 2 aromatic rings. The zero-order valence-electron chi connectivity index (χ0n) is 17.9. The highest BCUT2D eigenvalue weighted by atomic mass is 19.1. The Hall–Kier alpha value is -2.40. The monoisotopic (exact) mass is 410 g/mol. The summed E-state index contributed by atoms with van der Waals surface area (Å²) in [5.74, 6) is 0.704. The average molecular weight is 411 g/mol. The van der Waals surface area contributed by atoms with Gasteiger partial charge in [-0.3, -0.25) is 9.69 Å². The normalized spacial score (nSPS) is 21.9.